The molecule has 0 aliphatic carbocycles. The zero-order valence-electron chi connectivity index (χ0n) is 18.9. The molecule has 1 aromatic heterocycles. The van der Waals surface area contributed by atoms with Crippen molar-refractivity contribution in [2.24, 2.45) is 0 Å². The number of carbonyl (C=O) groups excluding carboxylic acids is 5. The van der Waals surface area contributed by atoms with E-state index in [1.807, 2.05) is 6.07 Å². The highest BCUT2D eigenvalue weighted by atomic mass is 32.2. The Kier molecular flexibility index (Phi) is 6.97. The van der Waals surface area contributed by atoms with Gasteiger partial charge >= 0.3 is 6.03 Å². The lowest BCUT2D eigenvalue weighted by Crippen LogP contribution is -2.45. The topological polar surface area (TPSA) is 129 Å². The number of nitrogens with zero attached hydrogens (tertiary/aromatic N) is 3. The first kappa shape index (κ1) is 24.1. The van der Waals surface area contributed by atoms with Gasteiger partial charge in [-0.15, -0.1) is 0 Å². The number of carbonyl (C=O) groups is 5. The van der Waals surface area contributed by atoms with Crippen molar-refractivity contribution < 1.29 is 24.0 Å². The van der Waals surface area contributed by atoms with Crippen molar-refractivity contribution in [3.8, 4) is 0 Å². The van der Waals surface area contributed by atoms with E-state index in [-0.39, 0.29) is 18.0 Å². The second-order valence-corrected chi connectivity index (χ2v) is 8.91. The Morgan fingerprint density at radius 3 is 2.57 bits per heavy atom. The van der Waals surface area contributed by atoms with Crippen molar-refractivity contribution in [3.63, 3.8) is 0 Å². The molecule has 1 atom stereocenters. The maximum absolute atomic E-state index is 13.1. The molecule has 0 radical (unpaired) electrons. The van der Waals surface area contributed by atoms with Crippen LogP contribution in [-0.4, -0.2) is 63.4 Å². The lowest BCUT2D eigenvalue weighted by atomic mass is 9.87. The smallest absolute Gasteiger partial charge is 0.325 e. The van der Waals surface area contributed by atoms with Crippen molar-refractivity contribution >= 4 is 46.8 Å². The van der Waals surface area contributed by atoms with Crippen LogP contribution in [0.25, 0.3) is 6.08 Å². The maximum Gasteiger partial charge on any atom is 0.325 e. The van der Waals surface area contributed by atoms with Crippen LogP contribution in [0.4, 0.5) is 9.59 Å². The fourth-order valence-corrected chi connectivity index (χ4v) is 4.81. The van der Waals surface area contributed by atoms with Crippen LogP contribution in [-0.2, 0) is 19.9 Å². The number of imide groups is 2. The van der Waals surface area contributed by atoms with Crippen molar-refractivity contribution in [1.82, 2.24) is 25.4 Å². The number of pyridine rings is 1. The summed E-state index contributed by atoms with van der Waals surface area (Å²) in [7, 11) is 0. The van der Waals surface area contributed by atoms with Gasteiger partial charge in [-0.2, -0.15) is 0 Å². The molecule has 35 heavy (non-hydrogen) atoms. The summed E-state index contributed by atoms with van der Waals surface area (Å²) in [5.74, 6) is -1.54. The summed E-state index contributed by atoms with van der Waals surface area (Å²) < 4.78 is 0. The summed E-state index contributed by atoms with van der Waals surface area (Å²) in [6, 6.07) is 11.7. The summed E-state index contributed by atoms with van der Waals surface area (Å²) in [5, 5.41) is 4.85. The van der Waals surface area contributed by atoms with Crippen molar-refractivity contribution in [3.05, 3.63) is 70.9 Å². The van der Waals surface area contributed by atoms with Crippen LogP contribution in [0.5, 0.6) is 0 Å². The monoisotopic (exact) mass is 493 g/mol. The molecule has 2 N–H and O–H groups in total. The number of hydrogen-bond acceptors (Lipinski definition) is 7. The molecule has 0 bridgehead atoms. The second-order valence-electron chi connectivity index (χ2n) is 7.92. The van der Waals surface area contributed by atoms with Gasteiger partial charge < -0.3 is 10.6 Å². The number of aromatic nitrogens is 1. The van der Waals surface area contributed by atoms with Gasteiger partial charge in [-0.25, -0.2) is 4.79 Å². The van der Waals surface area contributed by atoms with Gasteiger partial charge in [-0.3, -0.25) is 34.0 Å². The number of rotatable bonds is 8. The third-order valence-corrected chi connectivity index (χ3v) is 6.70. The van der Waals surface area contributed by atoms with Crippen LogP contribution in [0.3, 0.4) is 0 Å². The molecule has 2 fully saturated rings. The highest BCUT2D eigenvalue weighted by Crippen LogP contribution is 2.33. The minimum Gasteiger partial charge on any atom is -0.353 e. The Hall–Kier alpha value is -3.99. The van der Waals surface area contributed by atoms with E-state index in [4.69, 9.17) is 0 Å². The molecule has 0 unspecified atom stereocenters. The maximum atomic E-state index is 13.1. The van der Waals surface area contributed by atoms with Gasteiger partial charge in [0.1, 0.15) is 12.1 Å². The Morgan fingerprint density at radius 1 is 1.11 bits per heavy atom. The number of amides is 6. The van der Waals surface area contributed by atoms with E-state index < -0.39 is 41.1 Å². The molecule has 11 heteroatoms. The predicted octanol–water partition coefficient (Wildman–Crippen LogP) is 2.09. The van der Waals surface area contributed by atoms with Crippen LogP contribution in [0.2, 0.25) is 0 Å². The molecular formula is C24H23N5O5S. The fourth-order valence-electron chi connectivity index (χ4n) is 3.94. The number of hydrogen-bond donors (Lipinski definition) is 2. The molecule has 6 amide bonds. The molecule has 3 heterocycles. The third-order valence-electron chi connectivity index (χ3n) is 5.79. The molecule has 10 nitrogen and oxygen atoms in total. The molecule has 0 saturated carbocycles. The van der Waals surface area contributed by atoms with Crippen LogP contribution in [0, 0.1) is 0 Å². The largest absolute Gasteiger partial charge is 0.353 e. The first-order chi connectivity index (χ1) is 16.9. The van der Waals surface area contributed by atoms with Gasteiger partial charge in [0, 0.05) is 25.5 Å². The van der Waals surface area contributed by atoms with Crippen LogP contribution in [0.1, 0.15) is 24.5 Å². The lowest BCUT2D eigenvalue weighted by Gasteiger charge is -2.25. The van der Waals surface area contributed by atoms with E-state index in [0.717, 1.165) is 21.6 Å². The van der Waals surface area contributed by atoms with E-state index >= 15 is 0 Å². The molecule has 2 aliphatic heterocycles. The lowest BCUT2D eigenvalue weighted by molar-refractivity contribution is -0.135. The van der Waals surface area contributed by atoms with E-state index in [9.17, 15) is 24.0 Å². The molecular weight excluding hydrogens is 470 g/mol. The van der Waals surface area contributed by atoms with Crippen molar-refractivity contribution in [2.45, 2.75) is 18.9 Å². The van der Waals surface area contributed by atoms with Gasteiger partial charge in [0.25, 0.3) is 17.1 Å². The zero-order valence-corrected chi connectivity index (χ0v) is 19.7. The first-order valence-corrected chi connectivity index (χ1v) is 11.8. The molecule has 1 aromatic carbocycles. The van der Waals surface area contributed by atoms with Gasteiger partial charge in [0.15, 0.2) is 0 Å². The highest BCUT2D eigenvalue weighted by molar-refractivity contribution is 8.18. The Bertz CT molecular complexity index is 1200. The number of thioether (sulfide) groups is 1. The van der Waals surface area contributed by atoms with Gasteiger partial charge in [-0.05, 0) is 41.5 Å². The van der Waals surface area contributed by atoms with Crippen molar-refractivity contribution in [1.29, 1.82) is 0 Å². The summed E-state index contributed by atoms with van der Waals surface area (Å²) in [6.07, 6.45) is 5.09. The number of nitrogens with one attached hydrogen (secondary N) is 2. The number of benzene rings is 1. The molecule has 180 valence electrons. The second kappa shape index (κ2) is 10.1. The van der Waals surface area contributed by atoms with E-state index in [1.54, 1.807) is 61.8 Å². The summed E-state index contributed by atoms with van der Waals surface area (Å²) in [5.41, 5.74) is 0.113. The summed E-state index contributed by atoms with van der Waals surface area (Å²) in [4.78, 5) is 69.1. The Balaban J connectivity index is 1.33. The zero-order chi connectivity index (χ0) is 25.0. The van der Waals surface area contributed by atoms with Crippen LogP contribution < -0.4 is 10.6 Å². The van der Waals surface area contributed by atoms with Crippen molar-refractivity contribution in [2.75, 3.05) is 19.6 Å². The van der Waals surface area contributed by atoms with Gasteiger partial charge in [-0.1, -0.05) is 43.3 Å². The van der Waals surface area contributed by atoms with Gasteiger partial charge in [0.2, 0.25) is 5.91 Å². The van der Waals surface area contributed by atoms with Crippen LogP contribution >= 0.6 is 11.8 Å². The standard InChI is InChI=1S/C24H23N5O5S/c1-2-24(17-8-4-3-5-9-17)21(32)29(22(33)27-24)15-19(30)26-11-12-28-20(31)18(35-23(28)34)13-16-7-6-10-25-14-16/h3-10,13-14H,2,11-12,15H2,1H3,(H,26,30)(H,27,33)/b18-13-/t24-/m1/s1. The quantitative estimate of drug-likeness (QED) is 0.426. The minimum absolute atomic E-state index is 0.0156. The molecule has 0 spiro atoms. The Morgan fingerprint density at radius 2 is 1.89 bits per heavy atom. The average Bonchev–Trinajstić information content (AvgIpc) is 3.27. The van der Waals surface area contributed by atoms with E-state index in [2.05, 4.69) is 15.6 Å². The normalized spacial score (nSPS) is 21.1. The Labute approximate surface area is 205 Å². The predicted molar refractivity (Wildman–Crippen MR) is 129 cm³/mol. The molecule has 4 rings (SSSR count). The minimum atomic E-state index is -1.22. The first-order valence-electron chi connectivity index (χ1n) is 11.0. The summed E-state index contributed by atoms with van der Waals surface area (Å²) >= 11 is 0.815. The molecule has 2 aromatic rings. The SMILES string of the molecule is CC[C@]1(c2ccccc2)NC(=O)N(CC(=O)NCCN2C(=O)S/C(=C\c3cccnc3)C2=O)C1=O. The molecule has 2 aliphatic rings. The number of urea groups is 1. The van der Waals surface area contributed by atoms with E-state index in [1.165, 1.54) is 0 Å². The third kappa shape index (κ3) is 4.80. The van der Waals surface area contributed by atoms with Crippen LogP contribution in [0.15, 0.2) is 59.8 Å². The highest BCUT2D eigenvalue weighted by Gasteiger charge is 2.51. The van der Waals surface area contributed by atoms with Gasteiger partial charge in [0.05, 0.1) is 4.91 Å². The van der Waals surface area contributed by atoms with E-state index in [0.29, 0.717) is 17.5 Å². The average molecular weight is 494 g/mol. The fraction of sp³-hybridized carbons (Fsp3) is 0.250. The molecule has 2 saturated heterocycles. The summed E-state index contributed by atoms with van der Waals surface area (Å²) in [6.45, 7) is 1.26.